The number of hydrogen-bond donors (Lipinski definition) is 1. The zero-order valence-corrected chi connectivity index (χ0v) is 16.6. The normalized spacial score (nSPS) is 24.1. The predicted molar refractivity (Wildman–Crippen MR) is 107 cm³/mol. The van der Waals surface area contributed by atoms with E-state index in [1.807, 2.05) is 35.2 Å². The third-order valence-corrected chi connectivity index (χ3v) is 6.22. The van der Waals surface area contributed by atoms with Crippen LogP contribution < -0.4 is 5.32 Å². The maximum absolute atomic E-state index is 13.1. The minimum absolute atomic E-state index is 0.0945. The van der Waals surface area contributed by atoms with E-state index in [-0.39, 0.29) is 11.9 Å². The van der Waals surface area contributed by atoms with Crippen molar-refractivity contribution < 1.29 is 9.32 Å². The van der Waals surface area contributed by atoms with Gasteiger partial charge in [0.15, 0.2) is 0 Å². The molecule has 1 N–H and O–H groups in total. The van der Waals surface area contributed by atoms with Gasteiger partial charge in [0.2, 0.25) is 17.6 Å². The van der Waals surface area contributed by atoms with Gasteiger partial charge in [-0.2, -0.15) is 4.98 Å². The van der Waals surface area contributed by atoms with E-state index in [1.54, 1.807) is 0 Å². The van der Waals surface area contributed by atoms with Gasteiger partial charge in [-0.3, -0.25) is 4.79 Å². The SMILES string of the molecule is CC(CC(=O)N1CCCCC1c1nc(-c2ccccc2)no1)C1CCCNC1. The molecule has 1 aromatic heterocycles. The Balaban J connectivity index is 1.45. The highest BCUT2D eigenvalue weighted by molar-refractivity contribution is 5.77. The lowest BCUT2D eigenvalue weighted by Crippen LogP contribution is -2.41. The lowest BCUT2D eigenvalue weighted by atomic mass is 9.85. The summed E-state index contributed by atoms with van der Waals surface area (Å²) in [5.74, 6) is 2.37. The topological polar surface area (TPSA) is 71.3 Å². The Morgan fingerprint density at radius 2 is 2.11 bits per heavy atom. The van der Waals surface area contributed by atoms with Crippen LogP contribution in [0.2, 0.25) is 0 Å². The Bertz CT molecular complexity index is 770. The molecule has 0 radical (unpaired) electrons. The van der Waals surface area contributed by atoms with Gasteiger partial charge in [0.1, 0.15) is 6.04 Å². The molecule has 0 saturated carbocycles. The number of piperidine rings is 2. The molecule has 1 amide bonds. The Labute approximate surface area is 166 Å². The van der Waals surface area contributed by atoms with Crippen LogP contribution in [0.15, 0.2) is 34.9 Å². The molecule has 6 nitrogen and oxygen atoms in total. The van der Waals surface area contributed by atoms with E-state index >= 15 is 0 Å². The highest BCUT2D eigenvalue weighted by Crippen LogP contribution is 2.33. The summed E-state index contributed by atoms with van der Waals surface area (Å²) in [5.41, 5.74) is 0.935. The highest BCUT2D eigenvalue weighted by Gasteiger charge is 2.33. The van der Waals surface area contributed by atoms with Crippen molar-refractivity contribution in [1.29, 1.82) is 0 Å². The van der Waals surface area contributed by atoms with Crippen LogP contribution in [0.3, 0.4) is 0 Å². The van der Waals surface area contributed by atoms with Gasteiger partial charge in [0, 0.05) is 18.5 Å². The molecule has 2 saturated heterocycles. The van der Waals surface area contributed by atoms with E-state index in [0.717, 1.165) is 44.5 Å². The first-order valence-corrected chi connectivity index (χ1v) is 10.6. The number of hydrogen-bond acceptors (Lipinski definition) is 5. The van der Waals surface area contributed by atoms with Crippen LogP contribution in [0.25, 0.3) is 11.4 Å². The van der Waals surface area contributed by atoms with Crippen molar-refractivity contribution in [3.05, 3.63) is 36.2 Å². The molecule has 0 spiro atoms. The Hall–Kier alpha value is -2.21. The van der Waals surface area contributed by atoms with E-state index in [2.05, 4.69) is 22.4 Å². The summed E-state index contributed by atoms with van der Waals surface area (Å²) in [4.78, 5) is 19.7. The molecule has 1 aromatic carbocycles. The van der Waals surface area contributed by atoms with Gasteiger partial charge in [-0.15, -0.1) is 0 Å². The third kappa shape index (κ3) is 4.27. The average molecular weight is 383 g/mol. The number of amides is 1. The molecule has 3 unspecified atom stereocenters. The first-order chi connectivity index (χ1) is 13.7. The maximum Gasteiger partial charge on any atom is 0.249 e. The fourth-order valence-electron chi connectivity index (χ4n) is 4.49. The third-order valence-electron chi connectivity index (χ3n) is 6.22. The van der Waals surface area contributed by atoms with Crippen molar-refractivity contribution in [3.63, 3.8) is 0 Å². The molecule has 2 fully saturated rings. The quantitative estimate of drug-likeness (QED) is 0.851. The fourth-order valence-corrected chi connectivity index (χ4v) is 4.49. The summed E-state index contributed by atoms with van der Waals surface area (Å²) < 4.78 is 5.60. The number of aromatic nitrogens is 2. The van der Waals surface area contributed by atoms with Crippen LogP contribution in [-0.2, 0) is 4.79 Å². The van der Waals surface area contributed by atoms with Crippen molar-refractivity contribution in [2.45, 2.75) is 51.5 Å². The summed E-state index contributed by atoms with van der Waals surface area (Å²) in [7, 11) is 0. The van der Waals surface area contributed by atoms with Gasteiger partial charge < -0.3 is 14.7 Å². The molecule has 4 rings (SSSR count). The van der Waals surface area contributed by atoms with E-state index in [9.17, 15) is 4.79 Å². The molecular formula is C22H30N4O2. The van der Waals surface area contributed by atoms with E-state index in [4.69, 9.17) is 4.52 Å². The van der Waals surface area contributed by atoms with Gasteiger partial charge in [0.25, 0.3) is 0 Å². The minimum Gasteiger partial charge on any atom is -0.337 e. The van der Waals surface area contributed by atoms with E-state index in [1.165, 1.54) is 12.8 Å². The number of carbonyl (C=O) groups is 1. The Kier molecular flexibility index (Phi) is 6.05. The second-order valence-corrected chi connectivity index (χ2v) is 8.21. The van der Waals surface area contributed by atoms with Crippen LogP contribution in [0.5, 0.6) is 0 Å². The molecule has 2 aliphatic rings. The van der Waals surface area contributed by atoms with Gasteiger partial charge in [-0.1, -0.05) is 42.4 Å². The summed E-state index contributed by atoms with van der Waals surface area (Å²) in [5, 5.41) is 7.62. The largest absolute Gasteiger partial charge is 0.337 e. The van der Waals surface area contributed by atoms with Crippen molar-refractivity contribution in [2.75, 3.05) is 19.6 Å². The van der Waals surface area contributed by atoms with Gasteiger partial charge >= 0.3 is 0 Å². The van der Waals surface area contributed by atoms with Gasteiger partial charge in [0.05, 0.1) is 0 Å². The summed E-state index contributed by atoms with van der Waals surface area (Å²) >= 11 is 0. The number of rotatable bonds is 5. The number of carbonyl (C=O) groups excluding carboxylic acids is 1. The minimum atomic E-state index is -0.0945. The van der Waals surface area contributed by atoms with Crippen molar-refractivity contribution in [1.82, 2.24) is 20.4 Å². The van der Waals surface area contributed by atoms with Crippen LogP contribution in [0, 0.1) is 11.8 Å². The number of benzene rings is 1. The first-order valence-electron chi connectivity index (χ1n) is 10.6. The molecule has 0 bridgehead atoms. The molecule has 0 aliphatic carbocycles. The number of nitrogens with zero attached hydrogens (tertiary/aromatic N) is 3. The maximum atomic E-state index is 13.1. The van der Waals surface area contributed by atoms with Crippen LogP contribution in [-0.4, -0.2) is 40.6 Å². The summed E-state index contributed by atoms with van der Waals surface area (Å²) in [6.07, 6.45) is 6.04. The molecule has 2 aliphatic heterocycles. The van der Waals surface area contributed by atoms with Crippen LogP contribution in [0.1, 0.15) is 57.4 Å². The molecule has 3 heterocycles. The second kappa shape index (κ2) is 8.86. The van der Waals surface area contributed by atoms with E-state index < -0.39 is 0 Å². The van der Waals surface area contributed by atoms with E-state index in [0.29, 0.717) is 30.0 Å². The number of likely N-dealkylation sites (tertiary alicyclic amines) is 1. The summed E-state index contributed by atoms with van der Waals surface area (Å²) in [6.45, 7) is 5.13. The molecule has 6 heteroatoms. The molecule has 3 atom stereocenters. The van der Waals surface area contributed by atoms with Crippen molar-refractivity contribution >= 4 is 5.91 Å². The Morgan fingerprint density at radius 1 is 1.25 bits per heavy atom. The lowest BCUT2D eigenvalue weighted by molar-refractivity contribution is -0.137. The molecular weight excluding hydrogens is 352 g/mol. The monoisotopic (exact) mass is 382 g/mol. The van der Waals surface area contributed by atoms with Crippen LogP contribution >= 0.6 is 0 Å². The Morgan fingerprint density at radius 3 is 2.89 bits per heavy atom. The zero-order valence-electron chi connectivity index (χ0n) is 16.6. The average Bonchev–Trinajstić information content (AvgIpc) is 3.25. The highest BCUT2D eigenvalue weighted by atomic mass is 16.5. The lowest BCUT2D eigenvalue weighted by Gasteiger charge is -2.35. The molecule has 2 aromatic rings. The number of nitrogens with one attached hydrogen (secondary N) is 1. The standard InChI is InChI=1S/C22H30N4O2/c1-16(18-10-7-12-23-15-18)14-20(27)26-13-6-5-11-19(26)22-24-21(25-28-22)17-8-3-2-4-9-17/h2-4,8-9,16,18-19,23H,5-7,10-15H2,1H3. The van der Waals surface area contributed by atoms with Crippen molar-refractivity contribution in [2.24, 2.45) is 11.8 Å². The molecule has 28 heavy (non-hydrogen) atoms. The van der Waals surface area contributed by atoms with Gasteiger partial charge in [-0.05, 0) is 57.0 Å². The smallest absolute Gasteiger partial charge is 0.249 e. The van der Waals surface area contributed by atoms with Crippen LogP contribution in [0.4, 0.5) is 0 Å². The summed E-state index contributed by atoms with van der Waals surface area (Å²) in [6, 6.07) is 9.74. The first kappa shape index (κ1) is 19.1. The fraction of sp³-hybridized carbons (Fsp3) is 0.591. The van der Waals surface area contributed by atoms with Gasteiger partial charge in [-0.25, -0.2) is 0 Å². The second-order valence-electron chi connectivity index (χ2n) is 8.21. The molecule has 150 valence electrons. The van der Waals surface area contributed by atoms with Crippen molar-refractivity contribution in [3.8, 4) is 11.4 Å². The zero-order chi connectivity index (χ0) is 19.3. The predicted octanol–water partition coefficient (Wildman–Crippen LogP) is 3.82.